The number of rotatable bonds is 12. The number of carbonyl (C=O) groups is 1. The number of nitrogens with two attached hydrogens (primary N) is 1. The molecule has 0 radical (unpaired) electrons. The van der Waals surface area contributed by atoms with Crippen LogP contribution in [0.2, 0.25) is 0 Å². The van der Waals surface area contributed by atoms with Crippen LogP contribution in [-0.4, -0.2) is 58.1 Å². The van der Waals surface area contributed by atoms with Crippen LogP contribution in [0.25, 0.3) is 0 Å². The fraction of sp³-hybridized carbons (Fsp3) is 0.933. The first kappa shape index (κ1) is 18.4. The van der Waals surface area contributed by atoms with Crippen LogP contribution in [0.5, 0.6) is 0 Å². The second-order valence-corrected chi connectivity index (χ2v) is 5.46. The molecule has 1 aliphatic carbocycles. The molecule has 6 heteroatoms. The molecule has 6 nitrogen and oxygen atoms in total. The van der Waals surface area contributed by atoms with E-state index >= 15 is 0 Å². The lowest BCUT2D eigenvalue weighted by Gasteiger charge is -2.33. The summed E-state index contributed by atoms with van der Waals surface area (Å²) < 4.78 is 15.8. The Labute approximate surface area is 127 Å². The lowest BCUT2D eigenvalue weighted by Crippen LogP contribution is -2.58. The van der Waals surface area contributed by atoms with E-state index in [0.29, 0.717) is 33.0 Å². The van der Waals surface area contributed by atoms with Crippen LogP contribution < -0.4 is 11.1 Å². The van der Waals surface area contributed by atoms with Crippen molar-refractivity contribution in [3.63, 3.8) is 0 Å². The van der Waals surface area contributed by atoms with Crippen molar-refractivity contribution < 1.29 is 19.0 Å². The van der Waals surface area contributed by atoms with E-state index in [1.165, 1.54) is 0 Å². The molecule has 2 unspecified atom stereocenters. The van der Waals surface area contributed by atoms with Gasteiger partial charge >= 0.3 is 0 Å². The summed E-state index contributed by atoms with van der Waals surface area (Å²) in [5, 5.41) is 3.31. The molecule has 124 valence electrons. The Kier molecular flexibility index (Phi) is 8.84. The molecule has 0 bridgehead atoms. The highest BCUT2D eigenvalue weighted by Gasteiger charge is 2.46. The highest BCUT2D eigenvalue weighted by atomic mass is 16.5. The fourth-order valence-corrected chi connectivity index (χ4v) is 3.12. The molecular weight excluding hydrogens is 272 g/mol. The molecular formula is C15H30N2O4. The van der Waals surface area contributed by atoms with Gasteiger partial charge in [-0.2, -0.15) is 0 Å². The highest BCUT2D eigenvalue weighted by Crippen LogP contribution is 2.37. The van der Waals surface area contributed by atoms with Crippen molar-refractivity contribution in [1.29, 1.82) is 0 Å². The summed E-state index contributed by atoms with van der Waals surface area (Å²) in [6, 6.07) is 0. The third-order valence-corrected chi connectivity index (χ3v) is 4.17. The summed E-state index contributed by atoms with van der Waals surface area (Å²) in [6.07, 6.45) is 3.76. The van der Waals surface area contributed by atoms with Crippen LogP contribution in [0.15, 0.2) is 0 Å². The molecule has 1 saturated carbocycles. The maximum atomic E-state index is 11.8. The Hall–Kier alpha value is -0.690. The quantitative estimate of drug-likeness (QED) is 0.518. The van der Waals surface area contributed by atoms with E-state index in [-0.39, 0.29) is 11.8 Å². The van der Waals surface area contributed by atoms with Crippen molar-refractivity contribution in [1.82, 2.24) is 5.32 Å². The van der Waals surface area contributed by atoms with Crippen LogP contribution in [0, 0.1) is 5.92 Å². The number of hydrogen-bond acceptors (Lipinski definition) is 5. The van der Waals surface area contributed by atoms with Crippen molar-refractivity contribution in [3.8, 4) is 0 Å². The summed E-state index contributed by atoms with van der Waals surface area (Å²) in [7, 11) is 1.65. The van der Waals surface area contributed by atoms with E-state index in [1.54, 1.807) is 7.11 Å². The number of carbonyl (C=O) groups excluding carboxylic acids is 1. The molecule has 1 rings (SSSR count). The molecule has 0 aromatic heterocycles. The molecule has 1 fully saturated rings. The van der Waals surface area contributed by atoms with Crippen molar-refractivity contribution in [3.05, 3.63) is 0 Å². The van der Waals surface area contributed by atoms with Gasteiger partial charge in [0.05, 0.1) is 26.4 Å². The SMILES string of the molecule is CCNC1(C(N)=O)CCCC1CCOCCOCCOC. The van der Waals surface area contributed by atoms with Crippen LogP contribution >= 0.6 is 0 Å². The first-order valence-electron chi connectivity index (χ1n) is 7.86. The van der Waals surface area contributed by atoms with E-state index in [1.807, 2.05) is 6.92 Å². The summed E-state index contributed by atoms with van der Waals surface area (Å²) >= 11 is 0. The van der Waals surface area contributed by atoms with Crippen LogP contribution in [-0.2, 0) is 19.0 Å². The van der Waals surface area contributed by atoms with Gasteiger partial charge in [-0.1, -0.05) is 13.3 Å². The zero-order chi connectivity index (χ0) is 15.6. The topological polar surface area (TPSA) is 82.8 Å². The Morgan fingerprint density at radius 1 is 1.24 bits per heavy atom. The standard InChI is InChI=1S/C15H30N2O4/c1-3-17-15(14(16)18)7-4-5-13(15)6-8-20-11-12-21-10-9-19-2/h13,17H,3-12H2,1-2H3,(H2,16,18). The number of nitrogens with one attached hydrogen (secondary N) is 1. The van der Waals surface area contributed by atoms with Gasteiger partial charge in [-0.15, -0.1) is 0 Å². The number of primary amides is 1. The highest BCUT2D eigenvalue weighted by molar-refractivity contribution is 5.85. The number of amides is 1. The van der Waals surface area contributed by atoms with Gasteiger partial charge in [0.1, 0.15) is 5.54 Å². The summed E-state index contributed by atoms with van der Waals surface area (Å²) in [6.45, 7) is 5.74. The smallest absolute Gasteiger partial charge is 0.238 e. The molecule has 3 N–H and O–H groups in total. The van der Waals surface area contributed by atoms with Crippen LogP contribution in [0.4, 0.5) is 0 Å². The number of likely N-dealkylation sites (N-methyl/N-ethyl adjacent to an activating group) is 1. The molecule has 21 heavy (non-hydrogen) atoms. The minimum atomic E-state index is -0.535. The zero-order valence-electron chi connectivity index (χ0n) is 13.4. The average molecular weight is 302 g/mol. The molecule has 1 aliphatic rings. The molecule has 0 aromatic rings. The first-order chi connectivity index (χ1) is 10.2. The van der Waals surface area contributed by atoms with Gasteiger partial charge in [0.2, 0.25) is 5.91 Å². The second kappa shape index (κ2) is 10.1. The molecule has 0 heterocycles. The molecule has 2 atom stereocenters. The predicted molar refractivity (Wildman–Crippen MR) is 81.1 cm³/mol. The van der Waals surface area contributed by atoms with Crippen LogP contribution in [0.1, 0.15) is 32.6 Å². The Balaban J connectivity index is 2.22. The van der Waals surface area contributed by atoms with Gasteiger partial charge in [0.15, 0.2) is 0 Å². The average Bonchev–Trinajstić information content (AvgIpc) is 2.86. The normalized spacial score (nSPS) is 25.3. The summed E-state index contributed by atoms with van der Waals surface area (Å²) in [5.41, 5.74) is 5.10. The second-order valence-electron chi connectivity index (χ2n) is 5.46. The minimum absolute atomic E-state index is 0.227. The van der Waals surface area contributed by atoms with Crippen LogP contribution in [0.3, 0.4) is 0 Å². The summed E-state index contributed by atoms with van der Waals surface area (Å²) in [4.78, 5) is 11.8. The van der Waals surface area contributed by atoms with Gasteiger partial charge in [-0.25, -0.2) is 0 Å². The Bertz CT molecular complexity index is 301. The first-order valence-corrected chi connectivity index (χ1v) is 7.86. The third-order valence-electron chi connectivity index (χ3n) is 4.17. The Morgan fingerprint density at radius 3 is 2.52 bits per heavy atom. The predicted octanol–water partition coefficient (Wildman–Crippen LogP) is 0.690. The van der Waals surface area contributed by atoms with Crippen molar-refractivity contribution >= 4 is 5.91 Å². The van der Waals surface area contributed by atoms with E-state index in [9.17, 15) is 4.79 Å². The lowest BCUT2D eigenvalue weighted by molar-refractivity contribution is -0.126. The number of ether oxygens (including phenoxy) is 3. The lowest BCUT2D eigenvalue weighted by atomic mass is 9.84. The molecule has 0 aromatic carbocycles. The number of methoxy groups -OCH3 is 1. The number of hydrogen-bond donors (Lipinski definition) is 2. The van der Waals surface area contributed by atoms with E-state index in [0.717, 1.165) is 32.2 Å². The largest absolute Gasteiger partial charge is 0.382 e. The van der Waals surface area contributed by atoms with Crippen molar-refractivity contribution in [2.45, 2.75) is 38.1 Å². The van der Waals surface area contributed by atoms with E-state index in [4.69, 9.17) is 19.9 Å². The zero-order valence-corrected chi connectivity index (χ0v) is 13.4. The molecule has 0 saturated heterocycles. The van der Waals surface area contributed by atoms with E-state index in [2.05, 4.69) is 5.32 Å². The van der Waals surface area contributed by atoms with Gasteiger partial charge < -0.3 is 25.3 Å². The van der Waals surface area contributed by atoms with Gasteiger partial charge in [0, 0.05) is 13.7 Å². The Morgan fingerprint density at radius 2 is 1.90 bits per heavy atom. The summed E-state index contributed by atoms with van der Waals surface area (Å²) in [5.74, 6) is 0.0408. The van der Waals surface area contributed by atoms with Gasteiger partial charge in [-0.05, 0) is 31.7 Å². The van der Waals surface area contributed by atoms with Crippen molar-refractivity contribution in [2.75, 3.05) is 46.7 Å². The van der Waals surface area contributed by atoms with Gasteiger partial charge in [0.25, 0.3) is 0 Å². The third kappa shape index (κ3) is 5.54. The monoisotopic (exact) mass is 302 g/mol. The van der Waals surface area contributed by atoms with Crippen molar-refractivity contribution in [2.24, 2.45) is 11.7 Å². The maximum Gasteiger partial charge on any atom is 0.238 e. The maximum absolute atomic E-state index is 11.8. The fourth-order valence-electron chi connectivity index (χ4n) is 3.12. The minimum Gasteiger partial charge on any atom is -0.382 e. The molecule has 0 spiro atoms. The van der Waals surface area contributed by atoms with Gasteiger partial charge in [-0.3, -0.25) is 4.79 Å². The van der Waals surface area contributed by atoms with E-state index < -0.39 is 5.54 Å². The molecule has 0 aliphatic heterocycles. The molecule has 1 amide bonds.